The minimum absolute atomic E-state index is 0.302. The molecule has 0 aliphatic carbocycles. The lowest BCUT2D eigenvalue weighted by Crippen LogP contribution is -2.61. The minimum atomic E-state index is -1.44. The molecule has 1 aliphatic heterocycles. The molecule has 0 radical (unpaired) electrons. The summed E-state index contributed by atoms with van der Waals surface area (Å²) in [5, 5.41) is 43.3. The summed E-state index contributed by atoms with van der Waals surface area (Å²) in [6.45, 7) is 1.30. The van der Waals surface area contributed by atoms with E-state index in [4.69, 9.17) is 14.3 Å². The van der Waals surface area contributed by atoms with Crippen molar-refractivity contribution in [2.45, 2.75) is 37.6 Å². The number of hydrogen-bond acceptors (Lipinski definition) is 8. The summed E-state index contributed by atoms with van der Waals surface area (Å²) >= 11 is 0. The molecule has 154 valence electrons. The maximum absolute atomic E-state index is 12.6. The number of aryl methyl sites for hydroxylation is 1. The van der Waals surface area contributed by atoms with Crippen LogP contribution in [0.25, 0.3) is 22.2 Å². The summed E-state index contributed by atoms with van der Waals surface area (Å²) in [4.78, 5) is 15.4. The molecular formula is C20H22N2O7. The van der Waals surface area contributed by atoms with Gasteiger partial charge in [-0.3, -0.25) is 4.79 Å². The van der Waals surface area contributed by atoms with E-state index in [0.29, 0.717) is 22.5 Å². The van der Waals surface area contributed by atoms with Crippen molar-refractivity contribution < 1.29 is 29.6 Å². The van der Waals surface area contributed by atoms with E-state index < -0.39 is 37.3 Å². The number of aromatic amines is 1. The van der Waals surface area contributed by atoms with Gasteiger partial charge in [0, 0.05) is 11.1 Å². The van der Waals surface area contributed by atoms with Gasteiger partial charge >= 0.3 is 0 Å². The molecule has 1 fully saturated rings. The lowest BCUT2D eigenvalue weighted by molar-refractivity contribution is -0.245. The number of H-pyrrole nitrogens is 1. The number of furan rings is 1. The SMILES string of the molecule is Cc1c(-c2ccco2)c(=O)[nH]c2cc(N[C@@H]3C(O)OC(CO)[C@@H](O)C3O)ccc12. The molecule has 1 saturated heterocycles. The van der Waals surface area contributed by atoms with Crippen molar-refractivity contribution in [2.24, 2.45) is 0 Å². The number of fused-ring (bicyclic) bond motifs is 1. The van der Waals surface area contributed by atoms with E-state index >= 15 is 0 Å². The van der Waals surface area contributed by atoms with Crippen molar-refractivity contribution in [3.8, 4) is 11.3 Å². The summed E-state index contributed by atoms with van der Waals surface area (Å²) in [5.74, 6) is 0.478. The van der Waals surface area contributed by atoms with E-state index in [1.54, 1.807) is 30.3 Å². The molecule has 3 heterocycles. The van der Waals surface area contributed by atoms with Crippen LogP contribution in [0.3, 0.4) is 0 Å². The maximum atomic E-state index is 12.6. The number of aliphatic hydroxyl groups is 4. The summed E-state index contributed by atoms with van der Waals surface area (Å²) in [6.07, 6.45) is -3.74. The number of nitrogens with one attached hydrogen (secondary N) is 2. The van der Waals surface area contributed by atoms with E-state index in [0.717, 1.165) is 10.9 Å². The molecule has 2 aromatic heterocycles. The molecule has 6 N–H and O–H groups in total. The first-order valence-corrected chi connectivity index (χ1v) is 9.18. The zero-order valence-electron chi connectivity index (χ0n) is 15.6. The Hall–Kier alpha value is -2.69. The van der Waals surface area contributed by atoms with Crippen LogP contribution >= 0.6 is 0 Å². The Bertz CT molecular complexity index is 1060. The molecule has 1 aromatic carbocycles. The second kappa shape index (κ2) is 7.62. The van der Waals surface area contributed by atoms with Crippen LogP contribution < -0.4 is 10.9 Å². The van der Waals surface area contributed by atoms with Crippen molar-refractivity contribution in [1.29, 1.82) is 0 Å². The average molecular weight is 402 g/mol. The number of rotatable bonds is 4. The van der Waals surface area contributed by atoms with E-state index in [1.165, 1.54) is 6.26 Å². The second-order valence-electron chi connectivity index (χ2n) is 7.09. The molecule has 0 saturated carbocycles. The van der Waals surface area contributed by atoms with Crippen LogP contribution in [0.15, 0.2) is 45.8 Å². The smallest absolute Gasteiger partial charge is 0.259 e. The van der Waals surface area contributed by atoms with Gasteiger partial charge in [0.15, 0.2) is 6.29 Å². The average Bonchev–Trinajstić information content (AvgIpc) is 3.22. The van der Waals surface area contributed by atoms with E-state index in [-0.39, 0.29) is 5.56 Å². The van der Waals surface area contributed by atoms with Crippen LogP contribution in [-0.2, 0) is 4.74 Å². The zero-order valence-corrected chi connectivity index (χ0v) is 15.6. The predicted octanol–water partition coefficient (Wildman–Crippen LogP) is 0.308. The van der Waals surface area contributed by atoms with Crippen LogP contribution in [0.5, 0.6) is 0 Å². The van der Waals surface area contributed by atoms with Gasteiger partial charge in [0.25, 0.3) is 5.56 Å². The van der Waals surface area contributed by atoms with Gasteiger partial charge in [0.2, 0.25) is 0 Å². The van der Waals surface area contributed by atoms with Gasteiger partial charge in [-0.15, -0.1) is 0 Å². The van der Waals surface area contributed by atoms with E-state index in [1.807, 2.05) is 6.92 Å². The monoisotopic (exact) mass is 402 g/mol. The van der Waals surface area contributed by atoms with E-state index in [2.05, 4.69) is 10.3 Å². The Morgan fingerprint density at radius 2 is 1.97 bits per heavy atom. The number of ether oxygens (including phenoxy) is 1. The Kier molecular flexibility index (Phi) is 5.15. The number of aromatic nitrogens is 1. The van der Waals surface area contributed by atoms with Gasteiger partial charge in [0.05, 0.1) is 24.0 Å². The van der Waals surface area contributed by atoms with Gasteiger partial charge in [-0.05, 0) is 36.8 Å². The normalized spacial score (nSPS) is 27.3. The highest BCUT2D eigenvalue weighted by Gasteiger charge is 2.43. The zero-order chi connectivity index (χ0) is 20.7. The van der Waals surface area contributed by atoms with Gasteiger partial charge < -0.3 is 39.9 Å². The Labute approximate surface area is 165 Å². The number of hydrogen-bond donors (Lipinski definition) is 6. The molecule has 0 spiro atoms. The number of pyridine rings is 1. The highest BCUT2D eigenvalue weighted by Crippen LogP contribution is 2.29. The molecule has 3 unspecified atom stereocenters. The quantitative estimate of drug-likeness (QED) is 0.365. The molecule has 9 nitrogen and oxygen atoms in total. The van der Waals surface area contributed by atoms with Gasteiger partial charge in [-0.25, -0.2) is 0 Å². The van der Waals surface area contributed by atoms with Crippen LogP contribution in [0.2, 0.25) is 0 Å². The molecule has 29 heavy (non-hydrogen) atoms. The lowest BCUT2D eigenvalue weighted by atomic mass is 9.96. The van der Waals surface area contributed by atoms with Crippen molar-refractivity contribution >= 4 is 16.6 Å². The first-order chi connectivity index (χ1) is 13.9. The standard InChI is InChI=1S/C20H22N2O7/c1-9-11-5-4-10(21-16-18(25)17(24)14(8-23)29-20(16)27)7-12(11)22-19(26)15(9)13-3-2-6-28-13/h2-7,14,16-18,20-21,23-25,27H,8H2,1H3,(H,22,26)/t14?,16-,17+,18?,20?/m0/s1. The van der Waals surface area contributed by atoms with Crippen molar-refractivity contribution in [3.05, 3.63) is 52.5 Å². The molecule has 3 aromatic rings. The van der Waals surface area contributed by atoms with Crippen molar-refractivity contribution in [1.82, 2.24) is 4.98 Å². The fourth-order valence-electron chi connectivity index (χ4n) is 3.72. The maximum Gasteiger partial charge on any atom is 0.259 e. The first kappa shape index (κ1) is 19.6. The third-order valence-electron chi connectivity index (χ3n) is 5.27. The van der Waals surface area contributed by atoms with Crippen molar-refractivity contribution in [2.75, 3.05) is 11.9 Å². The van der Waals surface area contributed by atoms with Gasteiger partial charge in [0.1, 0.15) is 30.1 Å². The topological polar surface area (TPSA) is 148 Å². The summed E-state index contributed by atoms with van der Waals surface area (Å²) in [7, 11) is 0. The van der Waals surface area contributed by atoms with E-state index in [9.17, 15) is 20.1 Å². The Balaban J connectivity index is 1.66. The first-order valence-electron chi connectivity index (χ1n) is 9.18. The fourth-order valence-corrected chi connectivity index (χ4v) is 3.72. The fraction of sp³-hybridized carbons (Fsp3) is 0.350. The third kappa shape index (κ3) is 3.43. The van der Waals surface area contributed by atoms with Crippen LogP contribution in [0.1, 0.15) is 5.56 Å². The highest BCUT2D eigenvalue weighted by molar-refractivity contribution is 5.89. The number of anilines is 1. The summed E-state index contributed by atoms with van der Waals surface area (Å²) in [6, 6.07) is 7.59. The van der Waals surface area contributed by atoms with Crippen molar-refractivity contribution in [3.63, 3.8) is 0 Å². The molecular weight excluding hydrogens is 380 g/mol. The highest BCUT2D eigenvalue weighted by atomic mass is 16.6. The summed E-state index contributed by atoms with van der Waals surface area (Å²) < 4.78 is 10.5. The second-order valence-corrected chi connectivity index (χ2v) is 7.09. The Morgan fingerprint density at radius 1 is 1.17 bits per heavy atom. The van der Waals surface area contributed by atoms with Crippen LogP contribution in [0.4, 0.5) is 5.69 Å². The predicted molar refractivity (Wildman–Crippen MR) is 104 cm³/mol. The lowest BCUT2D eigenvalue weighted by Gasteiger charge is -2.40. The molecule has 5 atom stereocenters. The minimum Gasteiger partial charge on any atom is -0.464 e. The summed E-state index contributed by atoms with van der Waals surface area (Å²) in [5.41, 5.74) is 1.96. The van der Waals surface area contributed by atoms with Gasteiger partial charge in [-0.2, -0.15) is 0 Å². The van der Waals surface area contributed by atoms with Crippen LogP contribution in [0, 0.1) is 6.92 Å². The van der Waals surface area contributed by atoms with Gasteiger partial charge in [-0.1, -0.05) is 6.07 Å². The molecule has 0 bridgehead atoms. The molecule has 4 rings (SSSR count). The molecule has 0 amide bonds. The number of aliphatic hydroxyl groups excluding tert-OH is 4. The number of benzene rings is 1. The Morgan fingerprint density at radius 3 is 2.66 bits per heavy atom. The molecule has 9 heteroatoms. The van der Waals surface area contributed by atoms with Crippen LogP contribution in [-0.4, -0.2) is 62.7 Å². The molecule has 1 aliphatic rings. The third-order valence-corrected chi connectivity index (χ3v) is 5.27. The largest absolute Gasteiger partial charge is 0.464 e.